The predicted molar refractivity (Wildman–Crippen MR) is 125 cm³/mol. The number of carbonyl (C=O) groups excluding carboxylic acids is 2. The molecule has 2 aromatic carbocycles. The Morgan fingerprint density at radius 3 is 2.16 bits per heavy atom. The zero-order chi connectivity index (χ0) is 23.6. The maximum absolute atomic E-state index is 13.2. The largest absolute Gasteiger partial charge is 0.325 e. The number of nitrogens with zero attached hydrogens (tertiary/aromatic N) is 1. The number of halogens is 1. The molecule has 1 N–H and O–H groups in total. The minimum absolute atomic E-state index is 0.00804. The van der Waals surface area contributed by atoms with Crippen molar-refractivity contribution in [2.75, 3.05) is 5.32 Å². The van der Waals surface area contributed by atoms with Gasteiger partial charge in [-0.3, -0.25) is 14.4 Å². The second-order valence-electron chi connectivity index (χ2n) is 7.33. The third kappa shape index (κ3) is 4.89. The fourth-order valence-corrected chi connectivity index (χ4v) is 5.11. The molecule has 1 amide bonds. The Morgan fingerprint density at radius 2 is 1.59 bits per heavy atom. The minimum atomic E-state index is -4.08. The van der Waals surface area contributed by atoms with Crippen molar-refractivity contribution in [3.63, 3.8) is 0 Å². The van der Waals surface area contributed by atoms with Crippen molar-refractivity contribution in [2.45, 2.75) is 37.1 Å². The van der Waals surface area contributed by atoms with Gasteiger partial charge in [-0.15, -0.1) is 0 Å². The average molecular weight is 517 g/mol. The van der Waals surface area contributed by atoms with E-state index in [2.05, 4.69) is 21.2 Å². The molecule has 0 radical (unpaired) electrons. The number of pyridine rings is 1. The zero-order valence-electron chi connectivity index (χ0n) is 17.7. The van der Waals surface area contributed by atoms with Crippen molar-refractivity contribution in [3.05, 3.63) is 86.2 Å². The highest BCUT2D eigenvalue weighted by Gasteiger charge is 2.26. The van der Waals surface area contributed by atoms with Crippen molar-refractivity contribution in [1.29, 1.82) is 0 Å². The van der Waals surface area contributed by atoms with Crippen LogP contribution in [0.1, 0.15) is 28.5 Å². The van der Waals surface area contributed by atoms with Crippen LogP contribution in [0, 0.1) is 13.8 Å². The maximum atomic E-state index is 13.2. The summed E-state index contributed by atoms with van der Waals surface area (Å²) in [6.45, 7) is 4.28. The molecule has 0 bridgehead atoms. The third-order valence-electron chi connectivity index (χ3n) is 4.92. The molecule has 0 aliphatic heterocycles. The average Bonchev–Trinajstić information content (AvgIpc) is 2.71. The second kappa shape index (κ2) is 9.22. The van der Waals surface area contributed by atoms with Crippen LogP contribution in [0.2, 0.25) is 0 Å². The molecule has 0 saturated heterocycles. The maximum Gasteiger partial charge on any atom is 0.270 e. The molecule has 3 aromatic rings. The number of aromatic nitrogens is 1. The van der Waals surface area contributed by atoms with Crippen LogP contribution >= 0.6 is 15.9 Å². The quantitative estimate of drug-likeness (QED) is 0.500. The third-order valence-corrected chi connectivity index (χ3v) is 7.37. The van der Waals surface area contributed by atoms with Gasteiger partial charge in [0.25, 0.3) is 5.56 Å². The van der Waals surface area contributed by atoms with Crippen molar-refractivity contribution >= 4 is 43.1 Å². The van der Waals surface area contributed by atoms with Crippen LogP contribution in [0.5, 0.6) is 0 Å². The lowest BCUT2D eigenvalue weighted by molar-refractivity contribution is -0.116. The number of benzene rings is 2. The van der Waals surface area contributed by atoms with Gasteiger partial charge in [-0.25, -0.2) is 8.42 Å². The Balaban J connectivity index is 1.94. The van der Waals surface area contributed by atoms with Gasteiger partial charge in [0, 0.05) is 21.4 Å². The summed E-state index contributed by atoms with van der Waals surface area (Å²) < 4.78 is 28.2. The zero-order valence-corrected chi connectivity index (χ0v) is 20.1. The summed E-state index contributed by atoms with van der Waals surface area (Å²) in [5.41, 5.74) is 0.987. The number of hydrogen-bond donors (Lipinski definition) is 1. The molecular formula is C23H21BrN2O5S. The lowest BCUT2D eigenvalue weighted by atomic mass is 10.1. The van der Waals surface area contributed by atoms with Gasteiger partial charge >= 0.3 is 0 Å². The molecule has 1 heterocycles. The van der Waals surface area contributed by atoms with Crippen LogP contribution in [-0.2, 0) is 21.2 Å². The first-order chi connectivity index (χ1) is 15.0. The number of anilines is 1. The lowest BCUT2D eigenvalue weighted by Gasteiger charge is -2.15. The number of aryl methyl sites for hydroxylation is 2. The molecule has 0 aliphatic carbocycles. The minimum Gasteiger partial charge on any atom is -0.325 e. The number of Topliss-reactive ketones (excluding diaryl/α,β-unsaturated/α-hetero) is 1. The fourth-order valence-electron chi connectivity index (χ4n) is 3.30. The van der Waals surface area contributed by atoms with Gasteiger partial charge in [-0.05, 0) is 80.9 Å². The first-order valence-electron chi connectivity index (χ1n) is 9.63. The Morgan fingerprint density at radius 1 is 1.00 bits per heavy atom. The normalized spacial score (nSPS) is 11.2. The summed E-state index contributed by atoms with van der Waals surface area (Å²) in [7, 11) is -4.08. The molecule has 9 heteroatoms. The first-order valence-corrected chi connectivity index (χ1v) is 11.9. The van der Waals surface area contributed by atoms with Crippen molar-refractivity contribution in [2.24, 2.45) is 0 Å². The molecule has 3 rings (SSSR count). The SMILES string of the molecule is CC(=O)c1ccc(NC(=O)Cn2c(C)cc(C)c(S(=O)(=O)c3ccc(Br)cc3)c2=O)cc1. The molecular weight excluding hydrogens is 496 g/mol. The number of ketones is 1. The van der Waals surface area contributed by atoms with Gasteiger partial charge in [-0.2, -0.15) is 0 Å². The summed E-state index contributed by atoms with van der Waals surface area (Å²) in [6, 6.07) is 13.9. The van der Waals surface area contributed by atoms with Crippen LogP contribution in [0.3, 0.4) is 0 Å². The smallest absolute Gasteiger partial charge is 0.270 e. The highest BCUT2D eigenvalue weighted by molar-refractivity contribution is 9.10. The first kappa shape index (κ1) is 23.6. The second-order valence-corrected chi connectivity index (χ2v) is 10.1. The van der Waals surface area contributed by atoms with Crippen LogP contribution in [0.25, 0.3) is 0 Å². The van der Waals surface area contributed by atoms with E-state index in [9.17, 15) is 22.8 Å². The van der Waals surface area contributed by atoms with Gasteiger partial charge in [0.1, 0.15) is 11.4 Å². The summed E-state index contributed by atoms with van der Waals surface area (Å²) >= 11 is 3.26. The number of amides is 1. The molecule has 166 valence electrons. The Bertz CT molecular complexity index is 1360. The van der Waals surface area contributed by atoms with E-state index in [-0.39, 0.29) is 22.1 Å². The number of carbonyl (C=O) groups is 2. The highest BCUT2D eigenvalue weighted by Crippen LogP contribution is 2.23. The van der Waals surface area contributed by atoms with Crippen LogP contribution < -0.4 is 10.9 Å². The molecule has 0 spiro atoms. The number of nitrogens with one attached hydrogen (secondary N) is 1. The topological polar surface area (TPSA) is 102 Å². The van der Waals surface area contributed by atoms with Crippen LogP contribution in [0.15, 0.2) is 73.7 Å². The Kier molecular flexibility index (Phi) is 6.80. The van der Waals surface area contributed by atoms with Gasteiger partial charge in [0.05, 0.1) is 4.90 Å². The molecule has 7 nitrogen and oxygen atoms in total. The molecule has 32 heavy (non-hydrogen) atoms. The summed E-state index contributed by atoms with van der Waals surface area (Å²) in [4.78, 5) is 36.7. The van der Waals surface area contributed by atoms with Gasteiger partial charge in [0.15, 0.2) is 5.78 Å². The Labute approximate surface area is 194 Å². The number of sulfone groups is 1. The van der Waals surface area contributed by atoms with Crippen molar-refractivity contribution < 1.29 is 18.0 Å². The summed E-state index contributed by atoms with van der Waals surface area (Å²) in [6.07, 6.45) is 0. The van der Waals surface area contributed by atoms with E-state index in [4.69, 9.17) is 0 Å². The summed E-state index contributed by atoms with van der Waals surface area (Å²) in [5.74, 6) is -0.592. The molecule has 0 aliphatic rings. The highest BCUT2D eigenvalue weighted by atomic mass is 79.9. The fraction of sp³-hybridized carbons (Fsp3) is 0.174. The Hall–Kier alpha value is -3.04. The van der Waals surface area contributed by atoms with Crippen molar-refractivity contribution in [3.8, 4) is 0 Å². The number of rotatable bonds is 6. The molecule has 0 atom stereocenters. The van der Waals surface area contributed by atoms with E-state index < -0.39 is 21.3 Å². The van der Waals surface area contributed by atoms with Crippen LogP contribution in [-0.4, -0.2) is 24.7 Å². The number of hydrogen-bond acceptors (Lipinski definition) is 5. The predicted octanol–water partition coefficient (Wildman–Crippen LogP) is 3.90. The standard InChI is InChI=1S/C23H21BrN2O5S/c1-14-12-15(2)26(13-21(28)25-19-8-4-17(5-9-19)16(3)27)23(29)22(14)32(30,31)20-10-6-18(24)7-11-20/h4-12H,13H2,1-3H3,(H,25,28). The monoisotopic (exact) mass is 516 g/mol. The molecule has 0 unspecified atom stereocenters. The van der Waals surface area contributed by atoms with E-state index >= 15 is 0 Å². The van der Waals surface area contributed by atoms with Gasteiger partial charge < -0.3 is 9.88 Å². The van der Waals surface area contributed by atoms with E-state index in [1.54, 1.807) is 56.3 Å². The van der Waals surface area contributed by atoms with Crippen LogP contribution in [0.4, 0.5) is 5.69 Å². The van der Waals surface area contributed by atoms with E-state index in [0.717, 1.165) is 4.57 Å². The van der Waals surface area contributed by atoms with E-state index in [1.807, 2.05) is 0 Å². The molecule has 0 fully saturated rings. The van der Waals surface area contributed by atoms with Gasteiger partial charge in [0.2, 0.25) is 15.7 Å². The summed E-state index contributed by atoms with van der Waals surface area (Å²) in [5, 5.41) is 2.66. The van der Waals surface area contributed by atoms with Crippen molar-refractivity contribution in [1.82, 2.24) is 4.57 Å². The van der Waals surface area contributed by atoms with E-state index in [0.29, 0.717) is 27.0 Å². The van der Waals surface area contributed by atoms with Gasteiger partial charge in [-0.1, -0.05) is 15.9 Å². The molecule has 0 saturated carbocycles. The lowest BCUT2D eigenvalue weighted by Crippen LogP contribution is -2.33. The molecule has 1 aromatic heterocycles. The van der Waals surface area contributed by atoms with E-state index in [1.165, 1.54) is 19.1 Å².